The van der Waals surface area contributed by atoms with Gasteiger partial charge in [-0.3, -0.25) is 27.9 Å². The zero-order chi connectivity index (χ0) is 32.1. The van der Waals surface area contributed by atoms with Crippen LogP contribution in [0.15, 0.2) is 11.1 Å². The molecule has 0 aliphatic heterocycles. The maximum absolute atomic E-state index is 12.6. The molecule has 0 spiro atoms. The highest BCUT2D eigenvalue weighted by atomic mass is 31.3. The topological polar surface area (TPSA) is 335 Å². The maximum Gasteiger partial charge on any atom is 0.490 e. The van der Waals surface area contributed by atoms with E-state index in [0.717, 1.165) is 12.7 Å². The van der Waals surface area contributed by atoms with Gasteiger partial charge in [-0.05, 0) is 18.3 Å². The number of nitrogens with two attached hydrogens (primary N) is 1. The van der Waals surface area contributed by atoms with Crippen molar-refractivity contribution in [2.75, 3.05) is 18.9 Å². The lowest BCUT2D eigenvalue weighted by molar-refractivity contribution is -0.244. The first-order valence-corrected chi connectivity index (χ1v) is 17.6. The molecule has 42 heavy (non-hydrogen) atoms. The Hall–Kier alpha value is -1.41. The summed E-state index contributed by atoms with van der Waals surface area (Å²) in [4.78, 5) is 68.1. The summed E-state index contributed by atoms with van der Waals surface area (Å²) in [6.07, 6.45) is -2.33. The van der Waals surface area contributed by atoms with Crippen LogP contribution >= 0.6 is 31.3 Å². The summed E-state index contributed by atoms with van der Waals surface area (Å²) in [5, 5.41) is 10.5. The molecule has 0 aliphatic rings. The monoisotopic (exact) mass is 689 g/mol. The average molecular weight is 689 g/mol. The number of phosphoric ester groups is 2. The maximum atomic E-state index is 12.6. The summed E-state index contributed by atoms with van der Waals surface area (Å²) in [6, 6.07) is 0. The predicted octanol–water partition coefficient (Wildman–Crippen LogP) is 1.04. The van der Waals surface area contributed by atoms with Crippen molar-refractivity contribution < 1.29 is 74.8 Å². The molecule has 2 aromatic rings. The van der Waals surface area contributed by atoms with E-state index >= 15 is 0 Å². The van der Waals surface area contributed by atoms with Gasteiger partial charge in [0.15, 0.2) is 17.5 Å². The molecule has 2 aromatic heterocycles. The van der Waals surface area contributed by atoms with Crippen LogP contribution in [0.4, 0.5) is 5.95 Å². The van der Waals surface area contributed by atoms with Gasteiger partial charge in [-0.1, -0.05) is 27.2 Å². The molecule has 6 atom stereocenters. The molecule has 0 bridgehead atoms. The molecule has 2 rings (SSSR count). The van der Waals surface area contributed by atoms with E-state index < -0.39 is 56.2 Å². The minimum Gasteiger partial charge on any atom is -0.369 e. The van der Waals surface area contributed by atoms with Crippen molar-refractivity contribution in [1.29, 1.82) is 0 Å². The van der Waals surface area contributed by atoms with E-state index in [1.54, 1.807) is 6.92 Å². The SMILES string of the molecule is CC(C)CCC(C)COP(=O)(O)OC(COP(=O)(O)OP(=O)(O)OP(=O)(O)O)OC(O)n1cnc2c(=O)[nH]c(N)nc21. The number of imidazole rings is 1. The first kappa shape index (κ1) is 36.8. The average Bonchev–Trinajstić information content (AvgIpc) is 3.21. The Labute approximate surface area is 236 Å². The second-order valence-electron chi connectivity index (χ2n) is 9.00. The van der Waals surface area contributed by atoms with Gasteiger partial charge in [-0.2, -0.15) is 13.6 Å². The molecule has 0 saturated heterocycles. The van der Waals surface area contributed by atoms with Crippen molar-refractivity contribution in [3.63, 3.8) is 0 Å². The number of phosphoric acid groups is 4. The van der Waals surface area contributed by atoms with Gasteiger partial charge >= 0.3 is 31.3 Å². The number of anilines is 1. The van der Waals surface area contributed by atoms with Crippen molar-refractivity contribution in [2.45, 2.75) is 46.3 Å². The van der Waals surface area contributed by atoms with Crippen molar-refractivity contribution in [2.24, 2.45) is 11.8 Å². The number of H-pyrrole nitrogens is 1. The summed E-state index contributed by atoms with van der Waals surface area (Å²) in [7, 11) is -22.4. The number of aromatic amines is 1. The molecule has 0 fully saturated rings. The van der Waals surface area contributed by atoms with Crippen LogP contribution in [0.3, 0.4) is 0 Å². The third kappa shape index (κ3) is 12.7. The number of nitrogens with zero attached hydrogens (tertiary/aromatic N) is 3. The number of hydrogen-bond acceptors (Lipinski definition) is 15. The van der Waals surface area contributed by atoms with Crippen LogP contribution in [0, 0.1) is 11.8 Å². The summed E-state index contributed by atoms with van der Waals surface area (Å²) in [6.45, 7) is 3.95. The Morgan fingerprint density at radius 1 is 0.952 bits per heavy atom. The molecule has 0 saturated carbocycles. The zero-order valence-electron chi connectivity index (χ0n) is 22.1. The largest absolute Gasteiger partial charge is 0.490 e. The number of nitrogen functional groups attached to an aromatic ring is 1. The van der Waals surface area contributed by atoms with E-state index in [1.165, 1.54) is 0 Å². The minimum atomic E-state index is -5.90. The summed E-state index contributed by atoms with van der Waals surface area (Å²) in [5.41, 5.74) is 4.03. The Morgan fingerprint density at radius 2 is 1.57 bits per heavy atom. The molecule has 242 valence electrons. The van der Waals surface area contributed by atoms with E-state index in [1.807, 2.05) is 13.8 Å². The predicted molar refractivity (Wildman–Crippen MR) is 139 cm³/mol. The Bertz CT molecular complexity index is 1460. The fraction of sp³-hybridized carbons (Fsp3) is 0.688. The molecule has 0 aromatic carbocycles. The fourth-order valence-electron chi connectivity index (χ4n) is 2.96. The molecule has 0 aliphatic carbocycles. The normalized spacial score (nSPS) is 19.2. The van der Waals surface area contributed by atoms with Crippen molar-refractivity contribution in [3.05, 3.63) is 16.7 Å². The standard InChI is InChI=1S/C16H31N5O17P4/c1-9(2)4-5-10(3)6-33-40(27,28)36-11(7-34-41(29,30)38-42(31,32)37-39(24,25)26)35-16(23)21-8-18-12-13(21)19-15(17)20-14(12)22/h8-11,16,23H,4-7H2,1-3H3,(H,27,28)(H,29,30)(H,31,32)(H2,24,25,26)(H3,17,19,20,22). The zero-order valence-corrected chi connectivity index (χ0v) is 25.7. The smallest absolute Gasteiger partial charge is 0.369 e. The number of aliphatic hydroxyl groups is 1. The lowest BCUT2D eigenvalue weighted by Gasteiger charge is -2.25. The van der Waals surface area contributed by atoms with Crippen molar-refractivity contribution in [1.82, 2.24) is 19.5 Å². The first-order valence-electron chi connectivity index (χ1n) is 11.6. The number of rotatable bonds is 18. The van der Waals surface area contributed by atoms with Gasteiger partial charge in [-0.25, -0.2) is 23.2 Å². The van der Waals surface area contributed by atoms with E-state index in [0.29, 0.717) is 16.9 Å². The lowest BCUT2D eigenvalue weighted by atomic mass is 10.0. The fourth-order valence-corrected chi connectivity index (χ4v) is 6.88. The van der Waals surface area contributed by atoms with Crippen molar-refractivity contribution >= 4 is 48.4 Å². The van der Waals surface area contributed by atoms with Gasteiger partial charge in [-0.15, -0.1) is 0 Å². The van der Waals surface area contributed by atoms with Crippen LogP contribution in [-0.4, -0.2) is 68.6 Å². The second kappa shape index (κ2) is 14.6. The Morgan fingerprint density at radius 3 is 2.17 bits per heavy atom. The molecule has 22 nitrogen and oxygen atoms in total. The van der Waals surface area contributed by atoms with E-state index in [4.69, 9.17) is 29.3 Å². The van der Waals surface area contributed by atoms with Crippen LogP contribution in [0.2, 0.25) is 0 Å². The van der Waals surface area contributed by atoms with Gasteiger partial charge in [0.1, 0.15) is 12.9 Å². The molecule has 0 amide bonds. The molecular weight excluding hydrogens is 658 g/mol. The molecule has 26 heteroatoms. The van der Waals surface area contributed by atoms with E-state index in [9.17, 15) is 42.8 Å². The molecule has 6 unspecified atom stereocenters. The number of nitrogens with one attached hydrogen (secondary N) is 1. The highest BCUT2D eigenvalue weighted by molar-refractivity contribution is 7.66. The summed E-state index contributed by atoms with van der Waals surface area (Å²) >= 11 is 0. The minimum absolute atomic E-state index is 0.219. The van der Waals surface area contributed by atoms with Gasteiger partial charge in [0.05, 0.1) is 6.61 Å². The second-order valence-corrected chi connectivity index (χ2v) is 14.8. The highest BCUT2D eigenvalue weighted by Gasteiger charge is 2.42. The van der Waals surface area contributed by atoms with Gasteiger partial charge in [0.25, 0.3) is 5.56 Å². The summed E-state index contributed by atoms with van der Waals surface area (Å²) in [5.74, 6) is -0.261. The molecule has 0 radical (unpaired) electrons. The van der Waals surface area contributed by atoms with Crippen LogP contribution in [0.25, 0.3) is 11.2 Å². The van der Waals surface area contributed by atoms with Crippen LogP contribution in [0.5, 0.6) is 0 Å². The highest BCUT2D eigenvalue weighted by Crippen LogP contribution is 2.66. The quantitative estimate of drug-likeness (QED) is 0.0800. The van der Waals surface area contributed by atoms with Crippen molar-refractivity contribution in [3.8, 4) is 0 Å². The Balaban J connectivity index is 2.24. The van der Waals surface area contributed by atoms with Gasteiger partial charge in [0, 0.05) is 0 Å². The molecule has 2 heterocycles. The van der Waals surface area contributed by atoms with Gasteiger partial charge in [0.2, 0.25) is 12.4 Å². The third-order valence-electron chi connectivity index (χ3n) is 4.76. The van der Waals surface area contributed by atoms with Gasteiger partial charge < -0.3 is 40.0 Å². The third-order valence-corrected chi connectivity index (χ3v) is 9.54. The van der Waals surface area contributed by atoms with Crippen LogP contribution in [0.1, 0.15) is 40.0 Å². The first-order chi connectivity index (χ1) is 19.1. The molecular formula is C16H31N5O17P4. The number of fused-ring (bicyclic) bond motifs is 1. The number of aliphatic hydroxyl groups excluding tert-OH is 1. The summed E-state index contributed by atoms with van der Waals surface area (Å²) < 4.78 is 74.1. The van der Waals surface area contributed by atoms with E-state index in [2.05, 4.69) is 28.1 Å². The van der Waals surface area contributed by atoms with Crippen LogP contribution in [-0.2, 0) is 45.2 Å². The van der Waals surface area contributed by atoms with E-state index in [-0.39, 0.29) is 29.6 Å². The number of ether oxygens (including phenoxy) is 1. The van der Waals surface area contributed by atoms with Crippen LogP contribution < -0.4 is 11.3 Å². The Kier molecular flexibility index (Phi) is 12.8. The lowest BCUT2D eigenvalue weighted by Crippen LogP contribution is -2.27. The number of aromatic nitrogens is 4. The number of hydrogen-bond donors (Lipinski definition) is 8. The molecule has 9 N–H and O–H groups in total.